The zero-order valence-corrected chi connectivity index (χ0v) is 18.0. The Labute approximate surface area is 186 Å². The van der Waals surface area contributed by atoms with Gasteiger partial charge in [0.1, 0.15) is 5.69 Å². The molecule has 2 bridgehead atoms. The number of hydrogen-bond acceptors (Lipinski definition) is 5. The summed E-state index contributed by atoms with van der Waals surface area (Å²) in [7, 11) is 0. The summed E-state index contributed by atoms with van der Waals surface area (Å²) in [6.07, 6.45) is 6.33. The van der Waals surface area contributed by atoms with Gasteiger partial charge >= 0.3 is 0 Å². The van der Waals surface area contributed by atoms with Crippen LogP contribution in [-0.4, -0.2) is 34.5 Å². The van der Waals surface area contributed by atoms with Gasteiger partial charge in [-0.2, -0.15) is 0 Å². The van der Waals surface area contributed by atoms with Crippen molar-refractivity contribution in [3.05, 3.63) is 68.1 Å². The number of pyridine rings is 1. The van der Waals surface area contributed by atoms with E-state index < -0.39 is 4.92 Å². The predicted octanol–water partition coefficient (Wildman–Crippen LogP) is 3.44. The second kappa shape index (κ2) is 8.41. The monoisotopic (exact) mass is 436 g/mol. The van der Waals surface area contributed by atoms with Gasteiger partial charge in [0.15, 0.2) is 0 Å². The van der Waals surface area contributed by atoms with Crippen LogP contribution in [0.4, 0.5) is 11.4 Å². The van der Waals surface area contributed by atoms with E-state index >= 15 is 0 Å². The van der Waals surface area contributed by atoms with Gasteiger partial charge in [0.25, 0.3) is 17.2 Å². The first-order valence-electron chi connectivity index (χ1n) is 11.5. The minimum absolute atomic E-state index is 0.0185. The molecule has 3 aliphatic rings. The van der Waals surface area contributed by atoms with E-state index in [1.807, 2.05) is 10.6 Å². The molecule has 8 heteroatoms. The minimum atomic E-state index is -0.393. The molecule has 1 amide bonds. The van der Waals surface area contributed by atoms with Crippen molar-refractivity contribution in [2.75, 3.05) is 18.0 Å². The summed E-state index contributed by atoms with van der Waals surface area (Å²) < 4.78 is 1.85. The Kier molecular flexibility index (Phi) is 5.45. The second-order valence-corrected chi connectivity index (χ2v) is 9.37. The molecule has 2 aromatic rings. The number of nitrogens with zero attached hydrogens (tertiary/aromatic N) is 3. The number of aromatic nitrogens is 1. The third kappa shape index (κ3) is 3.89. The summed E-state index contributed by atoms with van der Waals surface area (Å²) in [5, 5.41) is 15.0. The summed E-state index contributed by atoms with van der Waals surface area (Å²) in [4.78, 5) is 38.6. The molecule has 3 heterocycles. The molecule has 1 saturated heterocycles. The Morgan fingerprint density at radius 1 is 1.06 bits per heavy atom. The van der Waals surface area contributed by atoms with E-state index in [9.17, 15) is 19.7 Å². The van der Waals surface area contributed by atoms with Gasteiger partial charge in [-0.3, -0.25) is 19.7 Å². The summed E-state index contributed by atoms with van der Waals surface area (Å²) in [6.45, 7) is 1.91. The van der Waals surface area contributed by atoms with Crippen LogP contribution in [-0.2, 0) is 6.54 Å². The highest BCUT2D eigenvalue weighted by molar-refractivity contribution is 5.96. The number of piperidine rings is 1. The van der Waals surface area contributed by atoms with Gasteiger partial charge in [-0.05, 0) is 43.4 Å². The Bertz CT molecular complexity index is 1110. The number of nitro groups is 1. The first-order valence-corrected chi connectivity index (χ1v) is 11.5. The van der Waals surface area contributed by atoms with Crippen LogP contribution in [0, 0.1) is 16.0 Å². The molecule has 1 aromatic carbocycles. The number of carbonyl (C=O) groups excluding carboxylic acids is 1. The molecule has 1 aliphatic carbocycles. The van der Waals surface area contributed by atoms with Gasteiger partial charge in [0.2, 0.25) is 0 Å². The third-order valence-electron chi connectivity index (χ3n) is 7.20. The number of nitro benzene ring substituents is 1. The zero-order chi connectivity index (χ0) is 22.2. The van der Waals surface area contributed by atoms with Crippen molar-refractivity contribution in [1.82, 2.24) is 9.88 Å². The van der Waals surface area contributed by atoms with E-state index in [1.165, 1.54) is 12.5 Å². The number of anilines is 1. The normalized spacial score (nSPS) is 22.8. The Hall–Kier alpha value is -3.16. The minimum Gasteiger partial charge on any atom is -0.365 e. The van der Waals surface area contributed by atoms with Crippen molar-refractivity contribution in [3.8, 4) is 0 Å². The molecule has 1 aromatic heterocycles. The summed E-state index contributed by atoms with van der Waals surface area (Å²) in [6, 6.07) is 10.3. The number of amides is 1. The maximum Gasteiger partial charge on any atom is 0.293 e. The molecular weight excluding hydrogens is 408 g/mol. The first-order chi connectivity index (χ1) is 15.5. The van der Waals surface area contributed by atoms with Gasteiger partial charge in [0.05, 0.1) is 4.92 Å². The summed E-state index contributed by atoms with van der Waals surface area (Å²) >= 11 is 0. The van der Waals surface area contributed by atoms with Crippen LogP contribution >= 0.6 is 0 Å². The van der Waals surface area contributed by atoms with Crippen molar-refractivity contribution in [1.29, 1.82) is 0 Å². The second-order valence-electron chi connectivity index (χ2n) is 9.37. The smallest absolute Gasteiger partial charge is 0.293 e. The molecule has 2 unspecified atom stereocenters. The van der Waals surface area contributed by atoms with Crippen LogP contribution in [0.15, 0.2) is 41.2 Å². The predicted molar refractivity (Wildman–Crippen MR) is 121 cm³/mol. The highest BCUT2D eigenvalue weighted by Gasteiger charge is 2.36. The lowest BCUT2D eigenvalue weighted by Crippen LogP contribution is -2.47. The van der Waals surface area contributed by atoms with E-state index in [0.717, 1.165) is 37.8 Å². The molecule has 5 rings (SSSR count). The van der Waals surface area contributed by atoms with Crippen molar-refractivity contribution >= 4 is 17.3 Å². The molecule has 0 spiro atoms. The molecule has 1 N–H and O–H groups in total. The fourth-order valence-electron chi connectivity index (χ4n) is 5.69. The number of hydrogen-bond donors (Lipinski definition) is 1. The van der Waals surface area contributed by atoms with E-state index in [1.54, 1.807) is 24.3 Å². The average Bonchev–Trinajstić information content (AvgIpc) is 2.80. The van der Waals surface area contributed by atoms with Crippen LogP contribution in [0.25, 0.3) is 0 Å². The maximum atomic E-state index is 12.7. The highest BCUT2D eigenvalue weighted by atomic mass is 16.6. The highest BCUT2D eigenvalue weighted by Crippen LogP contribution is 2.39. The maximum absolute atomic E-state index is 12.7. The van der Waals surface area contributed by atoms with Crippen LogP contribution in [0.3, 0.4) is 0 Å². The van der Waals surface area contributed by atoms with Crippen molar-refractivity contribution in [2.24, 2.45) is 5.92 Å². The van der Waals surface area contributed by atoms with E-state index in [2.05, 4.69) is 10.2 Å². The third-order valence-corrected chi connectivity index (χ3v) is 7.20. The quantitative estimate of drug-likeness (QED) is 0.585. The van der Waals surface area contributed by atoms with Crippen LogP contribution < -0.4 is 15.8 Å². The molecule has 168 valence electrons. The number of nitrogens with one attached hydrogen (secondary N) is 1. The Morgan fingerprint density at radius 2 is 1.88 bits per heavy atom. The van der Waals surface area contributed by atoms with E-state index in [0.29, 0.717) is 30.9 Å². The fraction of sp³-hybridized carbons (Fsp3) is 0.500. The van der Waals surface area contributed by atoms with E-state index in [-0.39, 0.29) is 35.0 Å². The fourth-order valence-corrected chi connectivity index (χ4v) is 5.69. The molecule has 8 nitrogen and oxygen atoms in total. The molecule has 2 atom stereocenters. The largest absolute Gasteiger partial charge is 0.365 e. The summed E-state index contributed by atoms with van der Waals surface area (Å²) in [5.74, 6) is 0.177. The number of benzene rings is 1. The average molecular weight is 437 g/mol. The summed E-state index contributed by atoms with van der Waals surface area (Å²) in [5.41, 5.74) is 1.87. The van der Waals surface area contributed by atoms with Crippen molar-refractivity contribution < 1.29 is 9.72 Å². The van der Waals surface area contributed by atoms with Crippen molar-refractivity contribution in [2.45, 2.75) is 57.0 Å². The van der Waals surface area contributed by atoms with Gasteiger partial charge in [-0.25, -0.2) is 0 Å². The lowest BCUT2D eigenvalue weighted by molar-refractivity contribution is -0.384. The molecular formula is C24H28N4O4. The molecule has 2 aliphatic heterocycles. The van der Waals surface area contributed by atoms with Crippen molar-refractivity contribution in [3.63, 3.8) is 0 Å². The number of rotatable bonds is 4. The number of carbonyl (C=O) groups is 1. The molecule has 2 fully saturated rings. The van der Waals surface area contributed by atoms with Crippen LogP contribution in [0.1, 0.15) is 60.5 Å². The molecule has 0 radical (unpaired) electrons. The SMILES string of the molecule is O=C(NC1CCCCC1)c1ccc(N2CC3CC(C2)c2cccc(=O)n2C3)c([N+](=O)[O-])c1. The van der Waals surface area contributed by atoms with E-state index in [4.69, 9.17) is 0 Å². The zero-order valence-electron chi connectivity index (χ0n) is 18.0. The first kappa shape index (κ1) is 20.7. The van der Waals surface area contributed by atoms with Crippen LogP contribution in [0.5, 0.6) is 0 Å². The molecule has 32 heavy (non-hydrogen) atoms. The van der Waals surface area contributed by atoms with Crippen LogP contribution in [0.2, 0.25) is 0 Å². The van der Waals surface area contributed by atoms with Gasteiger partial charge in [-0.15, -0.1) is 0 Å². The topological polar surface area (TPSA) is 97.5 Å². The lowest BCUT2D eigenvalue weighted by Gasteiger charge is -2.43. The molecule has 1 saturated carbocycles. The van der Waals surface area contributed by atoms with Gasteiger partial charge in [-0.1, -0.05) is 25.3 Å². The lowest BCUT2D eigenvalue weighted by atomic mass is 9.83. The standard InChI is InChI=1S/C24H28N4O4/c29-23-8-4-7-20-18-11-16(14-27(20)23)13-26(15-18)21-10-9-17(12-22(21)28(31)32)24(30)25-19-5-2-1-3-6-19/h4,7-10,12,16,18-19H,1-3,5-6,11,13-15H2,(H,25,30). The number of fused-ring (bicyclic) bond motifs is 4. The Balaban J connectivity index is 1.40. The Morgan fingerprint density at radius 3 is 2.66 bits per heavy atom. The van der Waals surface area contributed by atoms with Gasteiger partial charge in [0, 0.05) is 55.0 Å². The van der Waals surface area contributed by atoms with Gasteiger partial charge < -0.3 is 14.8 Å².